The predicted octanol–water partition coefficient (Wildman–Crippen LogP) is 1.79. The van der Waals surface area contributed by atoms with E-state index in [1.54, 1.807) is 0 Å². The van der Waals surface area contributed by atoms with Crippen LogP contribution in [0.15, 0.2) is 9.72 Å². The number of hydrogen-bond acceptors (Lipinski definition) is 5. The standard InChI is InChI=1S/C12H16N2O4S2/c15-11(16)10-12(19-7-13-10)20(17,18)14-6-2-4-8-3-1-5-9(8)14/h7-9H,1-6H2,(H,15,16). The lowest BCUT2D eigenvalue weighted by atomic mass is 9.94. The van der Waals surface area contributed by atoms with Crippen LogP contribution in [0, 0.1) is 5.92 Å². The Morgan fingerprint density at radius 2 is 2.10 bits per heavy atom. The van der Waals surface area contributed by atoms with Crippen molar-refractivity contribution in [1.82, 2.24) is 9.29 Å². The molecule has 20 heavy (non-hydrogen) atoms. The fraction of sp³-hybridized carbons (Fsp3) is 0.667. The molecular formula is C12H16N2O4S2. The molecule has 1 aliphatic carbocycles. The first-order valence-electron chi connectivity index (χ1n) is 6.70. The fourth-order valence-corrected chi connectivity index (χ4v) is 6.38. The maximum Gasteiger partial charge on any atom is 0.356 e. The Morgan fingerprint density at radius 1 is 1.35 bits per heavy atom. The van der Waals surface area contributed by atoms with Gasteiger partial charge in [-0.15, -0.1) is 11.3 Å². The Hall–Kier alpha value is -0.990. The average molecular weight is 316 g/mol. The molecule has 0 spiro atoms. The third-order valence-electron chi connectivity index (χ3n) is 4.22. The second-order valence-corrected chi connectivity index (χ2v) is 8.25. The van der Waals surface area contributed by atoms with E-state index in [1.165, 1.54) is 9.82 Å². The summed E-state index contributed by atoms with van der Waals surface area (Å²) in [5, 5.41) is 9.06. The van der Waals surface area contributed by atoms with Gasteiger partial charge in [-0.25, -0.2) is 18.2 Å². The SMILES string of the molecule is O=C(O)c1ncsc1S(=O)(=O)N1CCCC2CCCC21. The van der Waals surface area contributed by atoms with Crippen LogP contribution >= 0.6 is 11.3 Å². The molecule has 0 aromatic carbocycles. The van der Waals surface area contributed by atoms with Crippen LogP contribution in [0.1, 0.15) is 42.6 Å². The van der Waals surface area contributed by atoms with E-state index in [1.807, 2.05) is 0 Å². The van der Waals surface area contributed by atoms with Crippen LogP contribution in [0.4, 0.5) is 0 Å². The van der Waals surface area contributed by atoms with Crippen molar-refractivity contribution in [2.75, 3.05) is 6.54 Å². The largest absolute Gasteiger partial charge is 0.476 e. The quantitative estimate of drug-likeness (QED) is 0.918. The van der Waals surface area contributed by atoms with Crippen LogP contribution in [-0.4, -0.2) is 41.4 Å². The molecule has 2 atom stereocenters. The predicted molar refractivity (Wildman–Crippen MR) is 73.3 cm³/mol. The van der Waals surface area contributed by atoms with Gasteiger partial charge in [0.05, 0.1) is 5.51 Å². The fourth-order valence-electron chi connectivity index (χ4n) is 3.37. The number of rotatable bonds is 3. The summed E-state index contributed by atoms with van der Waals surface area (Å²) >= 11 is 0.891. The summed E-state index contributed by atoms with van der Waals surface area (Å²) < 4.78 is 26.9. The van der Waals surface area contributed by atoms with E-state index < -0.39 is 16.0 Å². The number of carbonyl (C=O) groups is 1. The molecule has 8 heteroatoms. The van der Waals surface area contributed by atoms with Crippen molar-refractivity contribution >= 4 is 27.3 Å². The number of sulfonamides is 1. The van der Waals surface area contributed by atoms with Crippen molar-refractivity contribution in [2.45, 2.75) is 42.4 Å². The minimum absolute atomic E-state index is 0.0393. The molecule has 110 valence electrons. The third kappa shape index (κ3) is 2.15. The van der Waals surface area contributed by atoms with E-state index in [4.69, 9.17) is 5.11 Å². The zero-order chi connectivity index (χ0) is 14.3. The maximum absolute atomic E-state index is 12.7. The number of nitrogens with zero attached hydrogens (tertiary/aromatic N) is 2. The molecule has 1 saturated heterocycles. The van der Waals surface area contributed by atoms with Gasteiger partial charge in [0.2, 0.25) is 0 Å². The number of aromatic carboxylic acids is 1. The van der Waals surface area contributed by atoms with E-state index >= 15 is 0 Å². The smallest absolute Gasteiger partial charge is 0.356 e. The zero-order valence-corrected chi connectivity index (χ0v) is 12.5. The molecule has 0 amide bonds. The first-order chi connectivity index (χ1) is 9.51. The molecule has 2 unspecified atom stereocenters. The summed E-state index contributed by atoms with van der Waals surface area (Å²) in [5.41, 5.74) is 0.932. The lowest BCUT2D eigenvalue weighted by Crippen LogP contribution is -2.46. The molecular weight excluding hydrogens is 300 g/mol. The van der Waals surface area contributed by atoms with Gasteiger partial charge in [-0.2, -0.15) is 4.31 Å². The van der Waals surface area contributed by atoms with Gasteiger partial charge in [0, 0.05) is 12.6 Å². The minimum Gasteiger partial charge on any atom is -0.476 e. The van der Waals surface area contributed by atoms with Crippen LogP contribution in [0.3, 0.4) is 0 Å². The van der Waals surface area contributed by atoms with E-state index in [-0.39, 0.29) is 15.9 Å². The first kappa shape index (κ1) is 14.0. The molecule has 2 fully saturated rings. The molecule has 1 N–H and O–H groups in total. The molecule has 3 rings (SSSR count). The molecule has 2 heterocycles. The van der Waals surface area contributed by atoms with Crippen molar-refractivity contribution in [3.05, 3.63) is 11.2 Å². The van der Waals surface area contributed by atoms with Gasteiger partial charge in [0.15, 0.2) is 9.90 Å². The van der Waals surface area contributed by atoms with Gasteiger partial charge in [0.1, 0.15) is 0 Å². The van der Waals surface area contributed by atoms with E-state index in [0.717, 1.165) is 43.4 Å². The summed E-state index contributed by atoms with van der Waals surface area (Å²) in [4.78, 5) is 14.8. The lowest BCUT2D eigenvalue weighted by Gasteiger charge is -2.36. The van der Waals surface area contributed by atoms with Crippen molar-refractivity contribution < 1.29 is 18.3 Å². The van der Waals surface area contributed by atoms with Crippen molar-refractivity contribution in [2.24, 2.45) is 5.92 Å². The van der Waals surface area contributed by atoms with Crippen molar-refractivity contribution in [3.63, 3.8) is 0 Å². The summed E-state index contributed by atoms with van der Waals surface area (Å²) in [6, 6.07) is 0.0393. The first-order valence-corrected chi connectivity index (χ1v) is 9.02. The third-order valence-corrected chi connectivity index (χ3v) is 7.49. The van der Waals surface area contributed by atoms with Crippen LogP contribution in [0.2, 0.25) is 0 Å². The molecule has 0 radical (unpaired) electrons. The van der Waals surface area contributed by atoms with E-state index in [2.05, 4.69) is 4.98 Å². The van der Waals surface area contributed by atoms with Gasteiger partial charge >= 0.3 is 5.97 Å². The second-order valence-electron chi connectivity index (χ2n) is 5.31. The monoisotopic (exact) mass is 316 g/mol. The highest BCUT2D eigenvalue weighted by molar-refractivity contribution is 7.91. The summed E-state index contributed by atoms with van der Waals surface area (Å²) in [7, 11) is -3.74. The van der Waals surface area contributed by atoms with E-state index in [9.17, 15) is 13.2 Å². The number of carboxylic acid groups (broad SMARTS) is 1. The van der Waals surface area contributed by atoms with Crippen molar-refractivity contribution in [3.8, 4) is 0 Å². The van der Waals surface area contributed by atoms with Gasteiger partial charge in [0.25, 0.3) is 10.0 Å². The number of piperidine rings is 1. The lowest BCUT2D eigenvalue weighted by molar-refractivity contribution is 0.0687. The number of aromatic nitrogens is 1. The maximum atomic E-state index is 12.7. The van der Waals surface area contributed by atoms with Crippen LogP contribution in [-0.2, 0) is 10.0 Å². The molecule has 1 aromatic heterocycles. The number of thiazole rings is 1. The van der Waals surface area contributed by atoms with Gasteiger partial charge in [-0.3, -0.25) is 0 Å². The van der Waals surface area contributed by atoms with Crippen LogP contribution in [0.25, 0.3) is 0 Å². The summed E-state index contributed by atoms with van der Waals surface area (Å²) in [5.74, 6) is -0.857. The Morgan fingerprint density at radius 3 is 2.85 bits per heavy atom. The van der Waals surface area contributed by atoms with Crippen LogP contribution < -0.4 is 0 Å². The highest BCUT2D eigenvalue weighted by Crippen LogP contribution is 2.40. The summed E-state index contributed by atoms with van der Waals surface area (Å²) in [6.45, 7) is 0.487. The Kier molecular flexibility index (Phi) is 3.55. The zero-order valence-electron chi connectivity index (χ0n) is 10.9. The Labute approximate surface area is 121 Å². The average Bonchev–Trinajstić information content (AvgIpc) is 3.06. The highest BCUT2D eigenvalue weighted by atomic mass is 32.2. The topological polar surface area (TPSA) is 87.6 Å². The molecule has 0 bridgehead atoms. The molecule has 1 aliphatic heterocycles. The Balaban J connectivity index is 1.99. The van der Waals surface area contributed by atoms with Gasteiger partial charge < -0.3 is 5.11 Å². The van der Waals surface area contributed by atoms with Crippen molar-refractivity contribution in [1.29, 1.82) is 0 Å². The normalized spacial score (nSPS) is 27.4. The minimum atomic E-state index is -3.74. The molecule has 1 aromatic rings. The number of hydrogen-bond donors (Lipinski definition) is 1. The highest BCUT2D eigenvalue weighted by Gasteiger charge is 2.43. The van der Waals surface area contributed by atoms with Gasteiger partial charge in [-0.05, 0) is 31.6 Å². The van der Waals surface area contributed by atoms with Crippen LogP contribution in [0.5, 0.6) is 0 Å². The van der Waals surface area contributed by atoms with E-state index in [0.29, 0.717) is 12.5 Å². The summed E-state index contributed by atoms with van der Waals surface area (Å²) in [6.07, 6.45) is 4.93. The molecule has 2 aliphatic rings. The molecule has 1 saturated carbocycles. The second kappa shape index (κ2) is 5.09. The molecule has 6 nitrogen and oxygen atoms in total. The number of carboxylic acids is 1. The number of fused-ring (bicyclic) bond motifs is 1. The van der Waals surface area contributed by atoms with Gasteiger partial charge in [-0.1, -0.05) is 6.42 Å². The Bertz CT molecular complexity index is 625.